The lowest BCUT2D eigenvalue weighted by molar-refractivity contribution is 0.451. The molecule has 0 radical (unpaired) electrons. The minimum atomic E-state index is -0.469. The van der Waals surface area contributed by atoms with Gasteiger partial charge in [0.05, 0.1) is 5.54 Å². The number of carbonyl (C=O) groups excluding carboxylic acids is 1. The second kappa shape index (κ2) is 5.26. The van der Waals surface area contributed by atoms with Crippen molar-refractivity contribution in [1.29, 1.82) is 0 Å². The van der Waals surface area contributed by atoms with Crippen molar-refractivity contribution in [1.82, 2.24) is 0 Å². The Hall–Kier alpha value is -1.47. The average Bonchev–Trinajstić information content (AvgIpc) is 2.78. The summed E-state index contributed by atoms with van der Waals surface area (Å²) in [5.41, 5.74) is 2.11. The van der Waals surface area contributed by atoms with Crippen LogP contribution >= 0.6 is 0 Å². The molecular weight excluding hydrogens is 241 g/mol. The predicted molar refractivity (Wildman–Crippen MR) is 73.5 cm³/mol. The number of rotatable bonds is 3. The fourth-order valence-electron chi connectivity index (χ4n) is 3.12. The molecule has 1 fully saturated rings. The van der Waals surface area contributed by atoms with Crippen molar-refractivity contribution in [3.05, 3.63) is 34.6 Å². The summed E-state index contributed by atoms with van der Waals surface area (Å²) in [7, 11) is 0. The third-order valence-electron chi connectivity index (χ3n) is 4.16. The number of nitrogens with zero attached hydrogens (tertiary/aromatic N) is 1. The van der Waals surface area contributed by atoms with E-state index in [4.69, 9.17) is 0 Å². The maximum Gasteiger partial charge on any atom is 0.235 e. The Kier molecular flexibility index (Phi) is 3.86. The van der Waals surface area contributed by atoms with Gasteiger partial charge in [-0.1, -0.05) is 26.7 Å². The fourth-order valence-corrected chi connectivity index (χ4v) is 3.12. The highest BCUT2D eigenvalue weighted by atomic mass is 19.1. The van der Waals surface area contributed by atoms with E-state index in [0.717, 1.165) is 36.8 Å². The standard InChI is InChI=1S/C16H20FNO/c1-11(2)13-9-14(12(3)8-15(13)17)16(18-10-19)6-4-5-7-16/h8-9,11H,4-7H2,1-3H3. The summed E-state index contributed by atoms with van der Waals surface area (Å²) in [5.74, 6) is -0.0440. The number of isocyanates is 1. The van der Waals surface area contributed by atoms with Crippen molar-refractivity contribution in [3.8, 4) is 0 Å². The van der Waals surface area contributed by atoms with Crippen LogP contribution in [0, 0.1) is 12.7 Å². The van der Waals surface area contributed by atoms with E-state index in [1.54, 1.807) is 12.1 Å². The summed E-state index contributed by atoms with van der Waals surface area (Å²) in [4.78, 5) is 14.9. The highest BCUT2D eigenvalue weighted by Crippen LogP contribution is 2.44. The number of halogens is 1. The van der Waals surface area contributed by atoms with Crippen LogP contribution in [0.1, 0.15) is 62.1 Å². The largest absolute Gasteiger partial charge is 0.235 e. The summed E-state index contributed by atoms with van der Waals surface area (Å²) in [6.07, 6.45) is 5.54. The first-order chi connectivity index (χ1) is 9.00. The van der Waals surface area contributed by atoms with E-state index >= 15 is 0 Å². The summed E-state index contributed by atoms with van der Waals surface area (Å²) < 4.78 is 14.0. The Bertz CT molecular complexity index is 524. The third kappa shape index (κ3) is 2.48. The molecule has 2 nitrogen and oxygen atoms in total. The molecule has 3 heteroatoms. The molecule has 1 aromatic carbocycles. The molecule has 0 amide bonds. The smallest absolute Gasteiger partial charge is 0.211 e. The summed E-state index contributed by atoms with van der Waals surface area (Å²) in [6.45, 7) is 5.84. The molecule has 1 aliphatic carbocycles. The Balaban J connectivity index is 2.60. The zero-order valence-corrected chi connectivity index (χ0v) is 11.8. The number of benzene rings is 1. The van der Waals surface area contributed by atoms with Crippen LogP contribution in [0.15, 0.2) is 17.1 Å². The lowest BCUT2D eigenvalue weighted by atomic mass is 9.83. The molecule has 0 spiro atoms. The SMILES string of the molecule is Cc1cc(F)c(C(C)C)cc1C1(N=C=O)CCCC1. The van der Waals surface area contributed by atoms with Gasteiger partial charge in [0, 0.05) is 0 Å². The molecule has 1 aromatic rings. The van der Waals surface area contributed by atoms with Crippen LogP contribution in [0.5, 0.6) is 0 Å². The van der Waals surface area contributed by atoms with Crippen molar-refractivity contribution >= 4 is 6.08 Å². The molecule has 0 N–H and O–H groups in total. The molecule has 0 atom stereocenters. The van der Waals surface area contributed by atoms with E-state index in [1.165, 1.54) is 0 Å². The van der Waals surface area contributed by atoms with Gasteiger partial charge in [-0.15, -0.1) is 0 Å². The third-order valence-corrected chi connectivity index (χ3v) is 4.16. The molecule has 0 aromatic heterocycles. The predicted octanol–water partition coefficient (Wildman–Crippen LogP) is 4.36. The van der Waals surface area contributed by atoms with E-state index in [2.05, 4.69) is 4.99 Å². The van der Waals surface area contributed by atoms with E-state index in [9.17, 15) is 9.18 Å². The second-order valence-corrected chi connectivity index (χ2v) is 5.79. The van der Waals surface area contributed by atoms with Crippen molar-refractivity contribution in [2.24, 2.45) is 4.99 Å². The maximum atomic E-state index is 14.0. The Morgan fingerprint density at radius 1 is 1.32 bits per heavy atom. The van der Waals surface area contributed by atoms with E-state index in [1.807, 2.05) is 26.8 Å². The van der Waals surface area contributed by atoms with Gasteiger partial charge in [-0.25, -0.2) is 9.18 Å². The zero-order valence-electron chi connectivity index (χ0n) is 11.8. The second-order valence-electron chi connectivity index (χ2n) is 5.79. The average molecular weight is 261 g/mol. The normalized spacial score (nSPS) is 17.5. The van der Waals surface area contributed by atoms with Crippen LogP contribution in [0.3, 0.4) is 0 Å². The minimum absolute atomic E-state index is 0.123. The van der Waals surface area contributed by atoms with Gasteiger partial charge >= 0.3 is 0 Å². The van der Waals surface area contributed by atoms with Crippen molar-refractivity contribution in [2.45, 2.75) is 57.9 Å². The van der Waals surface area contributed by atoms with E-state index < -0.39 is 5.54 Å². The van der Waals surface area contributed by atoms with E-state index in [0.29, 0.717) is 5.56 Å². The minimum Gasteiger partial charge on any atom is -0.211 e. The van der Waals surface area contributed by atoms with Gasteiger partial charge < -0.3 is 0 Å². The van der Waals surface area contributed by atoms with Crippen LogP contribution in [0.4, 0.5) is 4.39 Å². The Labute approximate surface area is 113 Å². The van der Waals surface area contributed by atoms with Gasteiger partial charge in [0.15, 0.2) is 0 Å². The molecule has 19 heavy (non-hydrogen) atoms. The lowest BCUT2D eigenvalue weighted by Gasteiger charge is -2.26. The van der Waals surface area contributed by atoms with Crippen LogP contribution < -0.4 is 0 Å². The molecule has 0 saturated heterocycles. The molecule has 0 heterocycles. The molecule has 0 aliphatic heterocycles. The number of hydrogen-bond donors (Lipinski definition) is 0. The fraction of sp³-hybridized carbons (Fsp3) is 0.562. The molecule has 1 aliphatic rings. The first-order valence-corrected chi connectivity index (χ1v) is 6.90. The molecule has 102 valence electrons. The van der Waals surface area contributed by atoms with Crippen molar-refractivity contribution in [3.63, 3.8) is 0 Å². The molecule has 2 rings (SSSR count). The highest BCUT2D eigenvalue weighted by Gasteiger charge is 2.37. The Morgan fingerprint density at radius 2 is 1.95 bits per heavy atom. The number of aryl methyl sites for hydroxylation is 1. The quantitative estimate of drug-likeness (QED) is 0.587. The topological polar surface area (TPSA) is 29.4 Å². The number of aliphatic imine (C=N–C) groups is 1. The van der Waals surface area contributed by atoms with Gasteiger partial charge in [-0.2, -0.15) is 4.99 Å². The first-order valence-electron chi connectivity index (χ1n) is 6.90. The van der Waals surface area contributed by atoms with Crippen molar-refractivity contribution in [2.75, 3.05) is 0 Å². The van der Waals surface area contributed by atoms with Crippen LogP contribution in [-0.2, 0) is 10.3 Å². The molecular formula is C16H20FNO. The van der Waals surface area contributed by atoms with Crippen molar-refractivity contribution < 1.29 is 9.18 Å². The van der Waals surface area contributed by atoms with Crippen LogP contribution in [-0.4, -0.2) is 6.08 Å². The first kappa shape index (κ1) is 14.0. The molecule has 0 unspecified atom stereocenters. The summed E-state index contributed by atoms with van der Waals surface area (Å²) in [5, 5.41) is 0. The van der Waals surface area contributed by atoms with Gasteiger partial charge in [0.2, 0.25) is 6.08 Å². The van der Waals surface area contributed by atoms with Gasteiger partial charge in [-0.3, -0.25) is 0 Å². The summed E-state index contributed by atoms with van der Waals surface area (Å²) in [6, 6.07) is 3.48. The highest BCUT2D eigenvalue weighted by molar-refractivity contribution is 5.44. The van der Waals surface area contributed by atoms with Gasteiger partial charge in [-0.05, 0) is 54.5 Å². The van der Waals surface area contributed by atoms with Crippen LogP contribution in [0.2, 0.25) is 0 Å². The Morgan fingerprint density at radius 3 is 2.47 bits per heavy atom. The maximum absolute atomic E-state index is 14.0. The van der Waals surface area contributed by atoms with Gasteiger partial charge in [0.1, 0.15) is 5.82 Å². The number of hydrogen-bond acceptors (Lipinski definition) is 2. The van der Waals surface area contributed by atoms with Gasteiger partial charge in [0.25, 0.3) is 0 Å². The summed E-state index contributed by atoms with van der Waals surface area (Å²) >= 11 is 0. The van der Waals surface area contributed by atoms with E-state index in [-0.39, 0.29) is 11.7 Å². The van der Waals surface area contributed by atoms with Crippen LogP contribution in [0.25, 0.3) is 0 Å². The zero-order chi connectivity index (χ0) is 14.0. The molecule has 1 saturated carbocycles. The monoisotopic (exact) mass is 261 g/mol. The lowest BCUT2D eigenvalue weighted by Crippen LogP contribution is -2.21. The molecule has 0 bridgehead atoms.